The quantitative estimate of drug-likeness (QED) is 0.675. The predicted molar refractivity (Wildman–Crippen MR) is 112 cm³/mol. The number of rotatable bonds is 6. The molecule has 1 saturated carbocycles. The van der Waals surface area contributed by atoms with Crippen molar-refractivity contribution in [3.05, 3.63) is 74.9 Å². The molecule has 1 aliphatic carbocycles. The molecular formula is C23H24FN3O3. The lowest BCUT2D eigenvalue weighted by Gasteiger charge is -2.26. The summed E-state index contributed by atoms with van der Waals surface area (Å²) in [6.07, 6.45) is 7.35. The third-order valence-electron chi connectivity index (χ3n) is 5.94. The van der Waals surface area contributed by atoms with E-state index in [1.807, 2.05) is 0 Å². The number of Topliss-reactive ketones (excluding diaryl/α,β-unsaturated/α-hetero) is 1. The molecule has 1 N–H and O–H groups in total. The molecule has 1 aromatic carbocycles. The van der Waals surface area contributed by atoms with Gasteiger partial charge in [0.2, 0.25) is 0 Å². The standard InChI is InChI=1S/C23H24FN3O3/c24-16-9-10-19-18(13-16)22(29)27(23(30)26-19)20(12-15-6-2-1-3-7-15)21(28)14-17-8-4-5-11-25-17/h4-5,8-11,13,15,20H,1-3,6-7,12,14H2,(H,26,30). The number of pyridine rings is 1. The van der Waals surface area contributed by atoms with E-state index in [1.165, 1.54) is 18.6 Å². The molecule has 2 aromatic heterocycles. The Bertz CT molecular complexity index is 1160. The molecule has 0 aliphatic heterocycles. The number of aromatic nitrogens is 3. The molecule has 0 saturated heterocycles. The van der Waals surface area contributed by atoms with E-state index < -0.39 is 23.1 Å². The summed E-state index contributed by atoms with van der Waals surface area (Å²) in [5, 5.41) is 0.0638. The van der Waals surface area contributed by atoms with Crippen LogP contribution in [0.3, 0.4) is 0 Å². The van der Waals surface area contributed by atoms with Crippen LogP contribution in [0.25, 0.3) is 10.9 Å². The summed E-state index contributed by atoms with van der Waals surface area (Å²) in [6.45, 7) is 0. The van der Waals surface area contributed by atoms with Crippen molar-refractivity contribution >= 4 is 16.7 Å². The lowest BCUT2D eigenvalue weighted by atomic mass is 9.83. The first-order valence-electron chi connectivity index (χ1n) is 10.4. The van der Waals surface area contributed by atoms with Crippen molar-refractivity contribution in [1.29, 1.82) is 0 Å². The summed E-state index contributed by atoms with van der Waals surface area (Å²) >= 11 is 0. The predicted octanol–water partition coefficient (Wildman–Crippen LogP) is 3.55. The van der Waals surface area contributed by atoms with E-state index in [2.05, 4.69) is 9.97 Å². The molecule has 4 rings (SSSR count). The summed E-state index contributed by atoms with van der Waals surface area (Å²) in [7, 11) is 0. The van der Waals surface area contributed by atoms with Crippen LogP contribution in [-0.2, 0) is 11.2 Å². The lowest BCUT2D eigenvalue weighted by Crippen LogP contribution is -2.42. The van der Waals surface area contributed by atoms with Crippen LogP contribution in [0.1, 0.15) is 50.3 Å². The van der Waals surface area contributed by atoms with Crippen molar-refractivity contribution in [2.75, 3.05) is 0 Å². The minimum Gasteiger partial charge on any atom is -0.307 e. The Kier molecular flexibility index (Phi) is 5.88. The fourth-order valence-corrected chi connectivity index (χ4v) is 4.40. The number of carbonyl (C=O) groups is 1. The Morgan fingerprint density at radius 2 is 1.97 bits per heavy atom. The number of H-pyrrole nitrogens is 1. The Morgan fingerprint density at radius 1 is 1.17 bits per heavy atom. The molecule has 0 bridgehead atoms. The average Bonchev–Trinajstić information content (AvgIpc) is 2.75. The first-order chi connectivity index (χ1) is 14.5. The van der Waals surface area contributed by atoms with E-state index in [4.69, 9.17) is 0 Å². The summed E-state index contributed by atoms with van der Waals surface area (Å²) in [5.74, 6) is -0.532. The van der Waals surface area contributed by atoms with Crippen LogP contribution in [-0.4, -0.2) is 20.3 Å². The number of carbonyl (C=O) groups excluding carboxylic acids is 1. The van der Waals surface area contributed by atoms with E-state index >= 15 is 0 Å². The first-order valence-corrected chi connectivity index (χ1v) is 10.4. The highest BCUT2D eigenvalue weighted by Crippen LogP contribution is 2.31. The second kappa shape index (κ2) is 8.73. The summed E-state index contributed by atoms with van der Waals surface area (Å²) in [4.78, 5) is 46.1. The highest BCUT2D eigenvalue weighted by molar-refractivity contribution is 5.85. The molecule has 3 aromatic rings. The van der Waals surface area contributed by atoms with Gasteiger partial charge in [-0.2, -0.15) is 0 Å². The molecule has 30 heavy (non-hydrogen) atoms. The Balaban J connectivity index is 1.77. The maximum absolute atomic E-state index is 13.8. The Labute approximate surface area is 172 Å². The number of nitrogens with zero attached hydrogens (tertiary/aromatic N) is 2. The van der Waals surface area contributed by atoms with Gasteiger partial charge in [0.05, 0.1) is 17.3 Å². The molecule has 1 aliphatic rings. The molecular weight excluding hydrogens is 385 g/mol. The van der Waals surface area contributed by atoms with Crippen LogP contribution in [0.4, 0.5) is 4.39 Å². The number of halogens is 1. The fraction of sp³-hybridized carbons (Fsp3) is 0.391. The fourth-order valence-electron chi connectivity index (χ4n) is 4.40. The van der Waals surface area contributed by atoms with Crippen LogP contribution < -0.4 is 11.2 Å². The van der Waals surface area contributed by atoms with Crippen molar-refractivity contribution in [1.82, 2.24) is 14.5 Å². The summed E-state index contributed by atoms with van der Waals surface area (Å²) in [6, 6.07) is 8.06. The van der Waals surface area contributed by atoms with Crippen LogP contribution in [0, 0.1) is 11.7 Å². The van der Waals surface area contributed by atoms with Gasteiger partial charge in [0.25, 0.3) is 5.56 Å². The van der Waals surface area contributed by atoms with Gasteiger partial charge in [0.15, 0.2) is 5.78 Å². The van der Waals surface area contributed by atoms with Gasteiger partial charge in [-0.15, -0.1) is 0 Å². The first kappa shape index (κ1) is 20.2. The van der Waals surface area contributed by atoms with Gasteiger partial charge in [0.1, 0.15) is 11.9 Å². The van der Waals surface area contributed by atoms with Gasteiger partial charge in [-0.05, 0) is 42.7 Å². The minimum absolute atomic E-state index is 0.0330. The van der Waals surface area contributed by atoms with Gasteiger partial charge in [-0.1, -0.05) is 38.2 Å². The zero-order chi connectivity index (χ0) is 21.1. The molecule has 0 spiro atoms. The zero-order valence-electron chi connectivity index (χ0n) is 16.6. The van der Waals surface area contributed by atoms with Gasteiger partial charge in [-0.3, -0.25) is 14.6 Å². The van der Waals surface area contributed by atoms with Crippen molar-refractivity contribution in [3.63, 3.8) is 0 Å². The molecule has 1 unspecified atom stereocenters. The zero-order valence-corrected chi connectivity index (χ0v) is 16.6. The van der Waals surface area contributed by atoms with Crippen molar-refractivity contribution in [2.24, 2.45) is 5.92 Å². The SMILES string of the molecule is O=C(Cc1ccccn1)C(CC1CCCCC1)n1c(=O)[nH]c2ccc(F)cc2c1=O. The number of benzene rings is 1. The number of nitrogens with one attached hydrogen (secondary N) is 1. The van der Waals surface area contributed by atoms with E-state index in [0.717, 1.165) is 36.3 Å². The second-order valence-electron chi connectivity index (χ2n) is 8.01. The minimum atomic E-state index is -0.904. The van der Waals surface area contributed by atoms with Crippen molar-refractivity contribution in [3.8, 4) is 0 Å². The van der Waals surface area contributed by atoms with Gasteiger partial charge in [0, 0.05) is 11.9 Å². The normalized spacial score (nSPS) is 15.9. The maximum Gasteiger partial charge on any atom is 0.329 e. The van der Waals surface area contributed by atoms with Crippen LogP contribution in [0.5, 0.6) is 0 Å². The van der Waals surface area contributed by atoms with Crippen LogP contribution >= 0.6 is 0 Å². The van der Waals surface area contributed by atoms with E-state index in [0.29, 0.717) is 12.1 Å². The number of aromatic amines is 1. The molecule has 0 amide bonds. The number of fused-ring (bicyclic) bond motifs is 1. The monoisotopic (exact) mass is 409 g/mol. The Hall–Kier alpha value is -3.09. The molecule has 1 atom stereocenters. The molecule has 156 valence electrons. The van der Waals surface area contributed by atoms with Crippen LogP contribution in [0.15, 0.2) is 52.2 Å². The molecule has 0 radical (unpaired) electrons. The third-order valence-corrected chi connectivity index (χ3v) is 5.94. The van der Waals surface area contributed by atoms with E-state index in [-0.39, 0.29) is 29.0 Å². The van der Waals surface area contributed by atoms with Gasteiger partial charge < -0.3 is 4.98 Å². The van der Waals surface area contributed by atoms with Crippen LogP contribution in [0.2, 0.25) is 0 Å². The number of ketones is 1. The smallest absolute Gasteiger partial charge is 0.307 e. The average molecular weight is 409 g/mol. The highest BCUT2D eigenvalue weighted by Gasteiger charge is 2.29. The Morgan fingerprint density at radius 3 is 2.70 bits per heavy atom. The molecule has 1 fully saturated rings. The van der Waals surface area contributed by atoms with Crippen molar-refractivity contribution in [2.45, 2.75) is 51.0 Å². The largest absolute Gasteiger partial charge is 0.329 e. The highest BCUT2D eigenvalue weighted by atomic mass is 19.1. The van der Waals surface area contributed by atoms with E-state index in [1.54, 1.807) is 24.4 Å². The van der Waals surface area contributed by atoms with E-state index in [9.17, 15) is 18.8 Å². The number of hydrogen-bond donors (Lipinski definition) is 1. The van der Waals surface area contributed by atoms with Crippen molar-refractivity contribution < 1.29 is 9.18 Å². The summed E-state index contributed by atoms with van der Waals surface area (Å²) < 4.78 is 14.7. The molecule has 2 heterocycles. The second-order valence-corrected chi connectivity index (χ2v) is 8.01. The maximum atomic E-state index is 13.8. The third kappa shape index (κ3) is 4.25. The topological polar surface area (TPSA) is 84.8 Å². The summed E-state index contributed by atoms with van der Waals surface area (Å²) in [5.41, 5.74) is -0.429. The molecule has 6 nitrogen and oxygen atoms in total. The van der Waals surface area contributed by atoms with Gasteiger partial charge >= 0.3 is 5.69 Å². The molecule has 7 heteroatoms. The number of hydrogen-bond acceptors (Lipinski definition) is 4. The lowest BCUT2D eigenvalue weighted by molar-refractivity contribution is -0.122. The van der Waals surface area contributed by atoms with Gasteiger partial charge in [-0.25, -0.2) is 13.8 Å².